The number of nitro groups is 1. The van der Waals surface area contributed by atoms with E-state index in [0.717, 1.165) is 18.4 Å². The first-order valence-electron chi connectivity index (χ1n) is 6.97. The molecular weight excluding hydrogens is 256 g/mol. The molecule has 0 unspecified atom stereocenters. The van der Waals surface area contributed by atoms with Gasteiger partial charge in [0.25, 0.3) is 0 Å². The molecule has 2 fully saturated rings. The number of anilines is 1. The normalized spacial score (nSPS) is 17.8. The number of nitrogens with one attached hydrogen (secondary N) is 1. The molecule has 0 amide bonds. The molecule has 0 aromatic carbocycles. The zero-order valence-corrected chi connectivity index (χ0v) is 11.1. The first-order valence-corrected chi connectivity index (χ1v) is 6.97. The van der Waals surface area contributed by atoms with Crippen LogP contribution in [-0.2, 0) is 0 Å². The van der Waals surface area contributed by atoms with Crippen molar-refractivity contribution in [2.75, 3.05) is 11.9 Å². The highest BCUT2D eigenvalue weighted by atomic mass is 16.6. The van der Waals surface area contributed by atoms with E-state index in [1.807, 2.05) is 6.07 Å². The van der Waals surface area contributed by atoms with Crippen molar-refractivity contribution >= 4 is 11.5 Å². The molecule has 1 aromatic rings. The summed E-state index contributed by atoms with van der Waals surface area (Å²) in [5.41, 5.74) is 0.0950. The topological polar surface area (TPSA) is 91.8 Å². The zero-order chi connectivity index (χ0) is 14.1. The lowest BCUT2D eigenvalue weighted by Crippen LogP contribution is -2.19. The Labute approximate surface area is 117 Å². The van der Waals surface area contributed by atoms with Crippen LogP contribution in [0.25, 0.3) is 0 Å². The van der Waals surface area contributed by atoms with Crippen LogP contribution < -0.4 is 5.32 Å². The molecule has 0 bridgehead atoms. The van der Waals surface area contributed by atoms with Crippen molar-refractivity contribution in [1.29, 1.82) is 5.26 Å². The van der Waals surface area contributed by atoms with Gasteiger partial charge in [-0.05, 0) is 43.4 Å². The summed E-state index contributed by atoms with van der Waals surface area (Å²) in [4.78, 5) is 14.6. The first-order chi connectivity index (χ1) is 9.69. The van der Waals surface area contributed by atoms with Gasteiger partial charge in [0.15, 0.2) is 0 Å². The molecule has 6 heteroatoms. The monoisotopic (exact) mass is 272 g/mol. The van der Waals surface area contributed by atoms with E-state index in [4.69, 9.17) is 5.26 Å². The fourth-order valence-corrected chi connectivity index (χ4v) is 2.77. The summed E-state index contributed by atoms with van der Waals surface area (Å²) in [6.07, 6.45) is 6.51. The van der Waals surface area contributed by atoms with Crippen LogP contribution >= 0.6 is 0 Å². The molecule has 2 aliphatic rings. The molecule has 1 aromatic heterocycles. The van der Waals surface area contributed by atoms with Gasteiger partial charge >= 0.3 is 5.69 Å². The summed E-state index contributed by atoms with van der Waals surface area (Å²) in [5.74, 6) is 2.47. The predicted octanol–water partition coefficient (Wildman–Crippen LogP) is 2.71. The zero-order valence-electron chi connectivity index (χ0n) is 11.1. The van der Waals surface area contributed by atoms with Gasteiger partial charge in [-0.15, -0.1) is 0 Å². The summed E-state index contributed by atoms with van der Waals surface area (Å²) in [5, 5.41) is 23.0. The Morgan fingerprint density at radius 2 is 2.10 bits per heavy atom. The van der Waals surface area contributed by atoms with Crippen molar-refractivity contribution in [3.63, 3.8) is 0 Å². The third kappa shape index (κ3) is 2.72. The second-order valence-electron chi connectivity index (χ2n) is 5.68. The third-order valence-corrected chi connectivity index (χ3v) is 4.15. The summed E-state index contributed by atoms with van der Waals surface area (Å²) < 4.78 is 0. The smallest absolute Gasteiger partial charge is 0.312 e. The molecular formula is C14H16N4O2. The van der Waals surface area contributed by atoms with Gasteiger partial charge in [0.2, 0.25) is 5.82 Å². The summed E-state index contributed by atoms with van der Waals surface area (Å²) >= 11 is 0. The predicted molar refractivity (Wildman–Crippen MR) is 73.0 cm³/mol. The highest BCUT2D eigenvalue weighted by Gasteiger charge is 2.41. The van der Waals surface area contributed by atoms with Crippen LogP contribution in [0.1, 0.15) is 31.2 Å². The molecule has 1 heterocycles. The van der Waals surface area contributed by atoms with Gasteiger partial charge in [0.1, 0.15) is 6.07 Å². The fraction of sp³-hybridized carbons (Fsp3) is 0.571. The maximum Gasteiger partial charge on any atom is 0.312 e. The van der Waals surface area contributed by atoms with Crippen LogP contribution in [0.5, 0.6) is 0 Å². The van der Waals surface area contributed by atoms with Crippen LogP contribution in [0, 0.1) is 39.2 Å². The number of aromatic nitrogens is 1. The molecule has 104 valence electrons. The Hall–Kier alpha value is -2.16. The van der Waals surface area contributed by atoms with Crippen LogP contribution in [-0.4, -0.2) is 16.5 Å². The van der Waals surface area contributed by atoms with Crippen molar-refractivity contribution in [1.82, 2.24) is 4.98 Å². The van der Waals surface area contributed by atoms with E-state index in [1.165, 1.54) is 37.9 Å². The second-order valence-corrected chi connectivity index (χ2v) is 5.68. The van der Waals surface area contributed by atoms with Crippen molar-refractivity contribution in [2.45, 2.75) is 25.7 Å². The number of pyridine rings is 1. The number of rotatable bonds is 6. The largest absolute Gasteiger partial charge is 0.364 e. The van der Waals surface area contributed by atoms with E-state index in [2.05, 4.69) is 10.3 Å². The Kier molecular flexibility index (Phi) is 3.26. The minimum atomic E-state index is -0.487. The first kappa shape index (κ1) is 12.9. The summed E-state index contributed by atoms with van der Waals surface area (Å²) in [6.45, 7) is 0.745. The van der Waals surface area contributed by atoms with Crippen LogP contribution in [0.3, 0.4) is 0 Å². The quantitative estimate of drug-likeness (QED) is 0.635. The molecule has 0 radical (unpaired) electrons. The maximum absolute atomic E-state index is 11.0. The van der Waals surface area contributed by atoms with Gasteiger partial charge in [0, 0.05) is 18.8 Å². The van der Waals surface area contributed by atoms with Crippen molar-refractivity contribution in [3.8, 4) is 6.07 Å². The fourth-order valence-electron chi connectivity index (χ4n) is 2.77. The average molecular weight is 272 g/mol. The number of nitriles is 1. The van der Waals surface area contributed by atoms with Gasteiger partial charge < -0.3 is 5.32 Å². The lowest BCUT2D eigenvalue weighted by Gasteiger charge is -2.16. The molecule has 0 aliphatic heterocycles. The van der Waals surface area contributed by atoms with Crippen LogP contribution in [0.2, 0.25) is 0 Å². The number of nitrogens with zero attached hydrogens (tertiary/aromatic N) is 3. The Balaban J connectivity index is 1.72. The maximum atomic E-state index is 11.0. The van der Waals surface area contributed by atoms with E-state index in [9.17, 15) is 10.1 Å². The summed E-state index contributed by atoms with van der Waals surface area (Å²) in [6, 6.07) is 3.15. The molecule has 2 saturated carbocycles. The summed E-state index contributed by atoms with van der Waals surface area (Å²) in [7, 11) is 0. The van der Waals surface area contributed by atoms with E-state index in [0.29, 0.717) is 5.92 Å². The van der Waals surface area contributed by atoms with Gasteiger partial charge in [-0.25, -0.2) is 4.98 Å². The molecule has 0 saturated heterocycles. The van der Waals surface area contributed by atoms with E-state index >= 15 is 0 Å². The minimum absolute atomic E-state index is 0.116. The molecule has 0 atom stereocenters. The van der Waals surface area contributed by atoms with Gasteiger partial charge in [-0.2, -0.15) is 5.26 Å². The number of hydrogen-bond donors (Lipinski definition) is 1. The van der Waals surface area contributed by atoms with Gasteiger partial charge in [-0.3, -0.25) is 10.1 Å². The van der Waals surface area contributed by atoms with Crippen molar-refractivity contribution in [2.24, 2.45) is 17.8 Å². The average Bonchev–Trinajstić information content (AvgIpc) is 3.32. The van der Waals surface area contributed by atoms with E-state index in [1.54, 1.807) is 0 Å². The SMILES string of the molecule is N#Cc1cnc(NCC(C2CC2)C2CC2)c([N+](=O)[O-])c1. The lowest BCUT2D eigenvalue weighted by molar-refractivity contribution is -0.384. The van der Waals surface area contributed by atoms with Crippen LogP contribution in [0.4, 0.5) is 11.5 Å². The standard InChI is InChI=1S/C14H16N4O2/c15-6-9-5-13(18(19)20)14(16-7-9)17-8-12(10-1-2-10)11-3-4-11/h5,7,10-12H,1-4,8H2,(H,16,17). The molecule has 6 nitrogen and oxygen atoms in total. The Morgan fingerprint density at radius 1 is 1.45 bits per heavy atom. The lowest BCUT2D eigenvalue weighted by atomic mass is 9.98. The molecule has 0 spiro atoms. The van der Waals surface area contributed by atoms with Gasteiger partial charge in [0.05, 0.1) is 10.5 Å². The highest BCUT2D eigenvalue weighted by molar-refractivity contribution is 5.58. The Morgan fingerprint density at radius 3 is 2.60 bits per heavy atom. The Bertz CT molecular complexity index is 561. The van der Waals surface area contributed by atoms with E-state index in [-0.39, 0.29) is 17.1 Å². The highest BCUT2D eigenvalue weighted by Crippen LogP contribution is 2.49. The van der Waals surface area contributed by atoms with E-state index < -0.39 is 4.92 Å². The van der Waals surface area contributed by atoms with Crippen LogP contribution in [0.15, 0.2) is 12.3 Å². The van der Waals surface area contributed by atoms with Crippen molar-refractivity contribution < 1.29 is 4.92 Å². The molecule has 1 N–H and O–H groups in total. The van der Waals surface area contributed by atoms with Crippen molar-refractivity contribution in [3.05, 3.63) is 27.9 Å². The third-order valence-electron chi connectivity index (χ3n) is 4.15. The second kappa shape index (κ2) is 5.08. The molecule has 2 aliphatic carbocycles. The minimum Gasteiger partial charge on any atom is -0.364 e. The van der Waals surface area contributed by atoms with Gasteiger partial charge in [-0.1, -0.05) is 0 Å². The number of hydrogen-bond acceptors (Lipinski definition) is 5. The molecule has 20 heavy (non-hydrogen) atoms. The molecule has 3 rings (SSSR count).